The zero-order valence-corrected chi connectivity index (χ0v) is 18.9. The number of carbonyl (C=O) groups excluding carboxylic acids is 2. The molecule has 1 unspecified atom stereocenters. The molecule has 0 spiro atoms. The van der Waals surface area contributed by atoms with Crippen LogP contribution in [0.15, 0.2) is 29.4 Å². The van der Waals surface area contributed by atoms with Gasteiger partial charge in [0, 0.05) is 18.5 Å². The molecular formula is C20H29N5O6S. The van der Waals surface area contributed by atoms with Crippen molar-refractivity contribution in [3.63, 3.8) is 0 Å². The first-order chi connectivity index (χ1) is 15.1. The van der Waals surface area contributed by atoms with Gasteiger partial charge in [0.1, 0.15) is 18.0 Å². The van der Waals surface area contributed by atoms with Crippen molar-refractivity contribution in [1.82, 2.24) is 10.0 Å². The Kier molecular flexibility index (Phi) is 9.14. The number of ether oxygens (including phenoxy) is 1. The number of amidine groups is 1. The van der Waals surface area contributed by atoms with Crippen molar-refractivity contribution in [2.24, 2.45) is 10.9 Å². The molecule has 12 heteroatoms. The van der Waals surface area contributed by atoms with Crippen molar-refractivity contribution in [3.8, 4) is 0 Å². The van der Waals surface area contributed by atoms with Gasteiger partial charge < -0.3 is 20.6 Å². The van der Waals surface area contributed by atoms with Crippen molar-refractivity contribution in [3.05, 3.63) is 35.4 Å². The highest BCUT2D eigenvalue weighted by atomic mass is 32.2. The molecule has 1 aliphatic rings. The van der Waals surface area contributed by atoms with E-state index in [9.17, 15) is 18.0 Å². The zero-order chi connectivity index (χ0) is 23.7. The Balaban J connectivity index is 1.86. The number of oxime groups is 1. The maximum absolute atomic E-state index is 12.3. The second-order valence-corrected chi connectivity index (χ2v) is 9.21. The summed E-state index contributed by atoms with van der Waals surface area (Å²) in [7, 11) is -2.54. The van der Waals surface area contributed by atoms with Crippen molar-refractivity contribution >= 4 is 33.4 Å². The Morgan fingerprint density at radius 1 is 1.34 bits per heavy atom. The van der Waals surface area contributed by atoms with Crippen molar-refractivity contribution in [2.45, 2.75) is 44.8 Å². The van der Waals surface area contributed by atoms with Gasteiger partial charge in [0.25, 0.3) is 0 Å². The normalized spacial score (nSPS) is 16.6. The highest BCUT2D eigenvalue weighted by Crippen LogP contribution is 2.19. The average molecular weight is 468 g/mol. The summed E-state index contributed by atoms with van der Waals surface area (Å²) in [5.74, 6) is -1.36. The van der Waals surface area contributed by atoms with E-state index in [-0.39, 0.29) is 24.6 Å². The molecule has 1 amide bonds. The molecule has 2 atom stereocenters. The highest BCUT2D eigenvalue weighted by molar-refractivity contribution is 7.89. The number of hydrogen-bond donors (Lipinski definition) is 4. The number of benzene rings is 1. The number of methoxy groups -OCH3 is 1. The molecule has 2 rings (SSSR count). The van der Waals surface area contributed by atoms with Crippen LogP contribution in [0.5, 0.6) is 0 Å². The van der Waals surface area contributed by atoms with Gasteiger partial charge in [-0.1, -0.05) is 42.8 Å². The van der Waals surface area contributed by atoms with Gasteiger partial charge in [-0.15, -0.1) is 0 Å². The molecule has 1 aliphatic heterocycles. The van der Waals surface area contributed by atoms with E-state index < -0.39 is 34.0 Å². The van der Waals surface area contributed by atoms with Crippen LogP contribution in [0, 0.1) is 5.41 Å². The summed E-state index contributed by atoms with van der Waals surface area (Å²) in [6, 6.07) is 5.73. The third-order valence-corrected chi connectivity index (χ3v) is 6.22. The summed E-state index contributed by atoms with van der Waals surface area (Å²) in [5, 5.41) is 14.0. The molecule has 32 heavy (non-hydrogen) atoms. The Morgan fingerprint density at radius 3 is 2.62 bits per heavy atom. The van der Waals surface area contributed by atoms with Gasteiger partial charge in [0.2, 0.25) is 15.9 Å². The Hall–Kier alpha value is -2.99. The van der Waals surface area contributed by atoms with Crippen LogP contribution in [0.1, 0.15) is 43.7 Å². The number of nitrogen functional groups attached to an aromatic ring is 1. The van der Waals surface area contributed by atoms with Crippen LogP contribution in [-0.2, 0) is 29.2 Å². The Bertz CT molecular complexity index is 961. The number of unbranched alkanes of at least 4 members (excludes halogenated alkanes) is 1. The minimum atomic E-state index is -3.68. The second-order valence-electron chi connectivity index (χ2n) is 7.33. The molecule has 1 aromatic carbocycles. The number of nitrogens with one attached hydrogen (secondary N) is 3. The smallest absolute Gasteiger partial charge is 0.325 e. The minimum absolute atomic E-state index is 0.0188. The summed E-state index contributed by atoms with van der Waals surface area (Å²) < 4.78 is 31.1. The van der Waals surface area contributed by atoms with E-state index >= 15 is 0 Å². The lowest BCUT2D eigenvalue weighted by atomic mass is 10.0. The fourth-order valence-corrected chi connectivity index (χ4v) is 4.37. The van der Waals surface area contributed by atoms with Gasteiger partial charge in [-0.05, 0) is 12.0 Å². The van der Waals surface area contributed by atoms with Gasteiger partial charge in [0.15, 0.2) is 0 Å². The summed E-state index contributed by atoms with van der Waals surface area (Å²) in [6.07, 6.45) is 1.03. The fraction of sp³-hybridized carbons (Fsp3) is 0.500. The first-order valence-electron chi connectivity index (χ1n) is 10.2. The summed E-state index contributed by atoms with van der Waals surface area (Å²) in [6.45, 7) is 1.61. The van der Waals surface area contributed by atoms with Crippen LogP contribution in [0.25, 0.3) is 0 Å². The molecule has 0 saturated carbocycles. The maximum atomic E-state index is 12.3. The van der Waals surface area contributed by atoms with Crippen LogP contribution in [0.3, 0.4) is 0 Å². The van der Waals surface area contributed by atoms with E-state index in [0.717, 1.165) is 12.7 Å². The summed E-state index contributed by atoms with van der Waals surface area (Å²) in [5.41, 5.74) is 7.49. The summed E-state index contributed by atoms with van der Waals surface area (Å²) in [4.78, 5) is 29.6. The molecule has 11 nitrogen and oxygen atoms in total. The summed E-state index contributed by atoms with van der Waals surface area (Å²) >= 11 is 0. The highest BCUT2D eigenvalue weighted by Gasteiger charge is 2.28. The predicted octanol–water partition coefficient (Wildman–Crippen LogP) is 0.231. The van der Waals surface area contributed by atoms with Crippen LogP contribution < -0.4 is 15.8 Å². The quantitative estimate of drug-likeness (QED) is 0.193. The lowest BCUT2D eigenvalue weighted by Crippen LogP contribution is -2.49. The number of rotatable bonds is 12. The lowest BCUT2D eigenvalue weighted by Gasteiger charge is -2.17. The average Bonchev–Trinajstić information content (AvgIpc) is 3.23. The molecule has 1 heterocycles. The first-order valence-corrected chi connectivity index (χ1v) is 11.8. The van der Waals surface area contributed by atoms with Gasteiger partial charge in [-0.25, -0.2) is 8.42 Å². The van der Waals surface area contributed by atoms with E-state index in [1.807, 2.05) is 6.92 Å². The molecular weight excluding hydrogens is 438 g/mol. The van der Waals surface area contributed by atoms with Crippen molar-refractivity contribution < 1.29 is 27.6 Å². The first kappa shape index (κ1) is 25.3. The lowest BCUT2D eigenvalue weighted by molar-refractivity contribution is -0.142. The van der Waals surface area contributed by atoms with Crippen LogP contribution >= 0.6 is 0 Å². The van der Waals surface area contributed by atoms with Gasteiger partial charge in [0.05, 0.1) is 25.0 Å². The van der Waals surface area contributed by atoms with Crippen LogP contribution in [-0.4, -0.2) is 63.4 Å². The minimum Gasteiger partial charge on any atom is -0.468 e. The predicted molar refractivity (Wildman–Crippen MR) is 119 cm³/mol. The number of carbonyl (C=O) groups is 2. The van der Waals surface area contributed by atoms with Crippen molar-refractivity contribution in [2.75, 3.05) is 19.4 Å². The monoisotopic (exact) mass is 467 g/mol. The fourth-order valence-electron chi connectivity index (χ4n) is 2.97. The van der Waals surface area contributed by atoms with E-state index in [4.69, 9.17) is 16.0 Å². The van der Waals surface area contributed by atoms with Crippen LogP contribution in [0.4, 0.5) is 0 Å². The number of nitrogens with zero attached hydrogens (tertiary/aromatic N) is 1. The maximum Gasteiger partial charge on any atom is 0.325 e. The molecule has 0 bridgehead atoms. The molecule has 5 N–H and O–H groups in total. The third-order valence-electron chi connectivity index (χ3n) is 4.75. The molecule has 0 aliphatic carbocycles. The molecule has 0 saturated heterocycles. The SMILES string of the molecule is CCCCS(=O)(=O)N[C@@H](CNC(=O)CC1CC(c2ccc(C(=N)N)cc2)=NO1)C(=O)OC. The van der Waals surface area contributed by atoms with E-state index in [1.54, 1.807) is 24.3 Å². The van der Waals surface area contributed by atoms with Gasteiger partial charge in [-0.2, -0.15) is 4.72 Å². The zero-order valence-electron chi connectivity index (χ0n) is 18.1. The van der Waals surface area contributed by atoms with Crippen molar-refractivity contribution in [1.29, 1.82) is 5.41 Å². The standard InChI is InChI=1S/C20H29N5O6S/c1-3-4-9-32(28,29)25-17(20(27)30-2)12-23-18(26)11-15-10-16(24-31-15)13-5-7-14(8-6-13)19(21)22/h5-8,15,17,25H,3-4,9-12H2,1-2H3,(H3,21,22)(H,23,26)/t15?,17-/m0/s1. The Labute approximate surface area is 187 Å². The second kappa shape index (κ2) is 11.6. The molecule has 0 aromatic heterocycles. The van der Waals surface area contributed by atoms with Gasteiger partial charge >= 0.3 is 5.97 Å². The molecule has 176 valence electrons. The largest absolute Gasteiger partial charge is 0.468 e. The number of nitrogens with two attached hydrogens (primary N) is 1. The Morgan fingerprint density at radius 2 is 2.03 bits per heavy atom. The molecule has 0 fully saturated rings. The topological polar surface area (TPSA) is 173 Å². The van der Waals surface area contributed by atoms with Gasteiger partial charge in [-0.3, -0.25) is 15.0 Å². The third kappa shape index (κ3) is 7.61. The molecule has 1 aromatic rings. The van der Waals surface area contributed by atoms with E-state index in [0.29, 0.717) is 30.5 Å². The van der Waals surface area contributed by atoms with E-state index in [2.05, 4.69) is 19.9 Å². The number of sulfonamides is 1. The number of amides is 1. The van der Waals surface area contributed by atoms with E-state index in [1.165, 1.54) is 0 Å². The number of hydrogen-bond acceptors (Lipinski definition) is 8. The van der Waals surface area contributed by atoms with Crippen LogP contribution in [0.2, 0.25) is 0 Å². The number of esters is 1. The molecule has 0 radical (unpaired) electrons.